The van der Waals surface area contributed by atoms with Crippen molar-refractivity contribution >= 4 is 37.5 Å². The number of nitrogens with two attached hydrogens (primary N) is 1. The maximum Gasteiger partial charge on any atom is 0.244 e. The molecule has 128 valence electrons. The summed E-state index contributed by atoms with van der Waals surface area (Å²) in [6.45, 7) is 4.16. The average molecular weight is 405 g/mol. The fourth-order valence-corrected chi connectivity index (χ4v) is 4.21. The summed E-state index contributed by atoms with van der Waals surface area (Å²) in [5, 5.41) is 7.82. The Kier molecular flexibility index (Phi) is 5.79. The van der Waals surface area contributed by atoms with Gasteiger partial charge in [0.1, 0.15) is 6.04 Å². The SMILES string of the molecule is CC(C)C1NNC(C(=O)Nc2ccc(CS(N)(=O)=O)cc2)C1Br. The van der Waals surface area contributed by atoms with Crippen LogP contribution in [0.1, 0.15) is 19.4 Å². The normalized spacial score (nSPS) is 24.8. The number of carbonyl (C=O) groups excluding carboxylic acids is 1. The number of anilines is 1. The lowest BCUT2D eigenvalue weighted by molar-refractivity contribution is -0.117. The van der Waals surface area contributed by atoms with E-state index in [1.807, 2.05) is 0 Å². The quantitative estimate of drug-likeness (QED) is 0.538. The van der Waals surface area contributed by atoms with Crippen molar-refractivity contribution in [3.05, 3.63) is 29.8 Å². The first kappa shape index (κ1) is 18.3. The Hall–Kier alpha value is -1.00. The van der Waals surface area contributed by atoms with Crippen molar-refractivity contribution in [3.8, 4) is 0 Å². The predicted octanol–water partition coefficient (Wildman–Crippen LogP) is 0.678. The van der Waals surface area contributed by atoms with Gasteiger partial charge < -0.3 is 5.32 Å². The lowest BCUT2D eigenvalue weighted by Crippen LogP contribution is -2.42. The number of primary sulfonamides is 1. The third-order valence-electron chi connectivity index (χ3n) is 3.66. The number of amides is 1. The number of hydrogen-bond acceptors (Lipinski definition) is 5. The van der Waals surface area contributed by atoms with E-state index in [-0.39, 0.29) is 22.5 Å². The van der Waals surface area contributed by atoms with Crippen LogP contribution < -0.4 is 21.3 Å². The third-order valence-corrected chi connectivity index (χ3v) is 5.49. The number of benzene rings is 1. The van der Waals surface area contributed by atoms with Gasteiger partial charge in [-0.15, -0.1) is 0 Å². The standard InChI is InChI=1S/C14H21BrN4O3S/c1-8(2)12-11(15)13(19-18-12)14(20)17-10-5-3-9(4-6-10)7-23(16,21)22/h3-6,8,11-13,18-19H,7H2,1-2H3,(H,17,20)(H2,16,21,22). The van der Waals surface area contributed by atoms with Gasteiger partial charge >= 0.3 is 0 Å². The molecule has 1 aromatic rings. The van der Waals surface area contributed by atoms with Crippen LogP contribution in [0.15, 0.2) is 24.3 Å². The zero-order valence-electron chi connectivity index (χ0n) is 12.9. The van der Waals surface area contributed by atoms with Crippen molar-refractivity contribution < 1.29 is 13.2 Å². The zero-order chi connectivity index (χ0) is 17.2. The lowest BCUT2D eigenvalue weighted by atomic mass is 9.99. The molecule has 1 aliphatic heterocycles. The van der Waals surface area contributed by atoms with Gasteiger partial charge in [-0.1, -0.05) is 41.9 Å². The van der Waals surface area contributed by atoms with Crippen LogP contribution in [-0.2, 0) is 20.6 Å². The zero-order valence-corrected chi connectivity index (χ0v) is 15.3. The molecular weight excluding hydrogens is 384 g/mol. The van der Waals surface area contributed by atoms with E-state index in [4.69, 9.17) is 5.14 Å². The third kappa shape index (κ3) is 4.98. The number of rotatable bonds is 5. The number of nitrogens with one attached hydrogen (secondary N) is 3. The van der Waals surface area contributed by atoms with Crippen molar-refractivity contribution in [1.82, 2.24) is 10.9 Å². The molecule has 3 atom stereocenters. The topological polar surface area (TPSA) is 113 Å². The Morgan fingerprint density at radius 2 is 1.91 bits per heavy atom. The molecule has 0 radical (unpaired) electrons. The van der Waals surface area contributed by atoms with Crippen molar-refractivity contribution in [1.29, 1.82) is 0 Å². The van der Waals surface area contributed by atoms with E-state index in [9.17, 15) is 13.2 Å². The molecule has 3 unspecified atom stereocenters. The van der Waals surface area contributed by atoms with E-state index in [1.165, 1.54) is 0 Å². The summed E-state index contributed by atoms with van der Waals surface area (Å²) >= 11 is 3.56. The average Bonchev–Trinajstić information content (AvgIpc) is 2.81. The molecule has 1 fully saturated rings. The summed E-state index contributed by atoms with van der Waals surface area (Å²) in [4.78, 5) is 12.3. The van der Waals surface area contributed by atoms with Crippen LogP contribution in [-0.4, -0.2) is 31.2 Å². The first-order chi connectivity index (χ1) is 10.7. The molecule has 1 heterocycles. The van der Waals surface area contributed by atoms with Crippen LogP contribution in [0.4, 0.5) is 5.69 Å². The minimum absolute atomic E-state index is 0.0239. The van der Waals surface area contributed by atoms with Crippen molar-refractivity contribution in [2.24, 2.45) is 11.1 Å². The van der Waals surface area contributed by atoms with E-state index in [0.29, 0.717) is 17.2 Å². The highest BCUT2D eigenvalue weighted by Crippen LogP contribution is 2.22. The number of carbonyl (C=O) groups is 1. The van der Waals surface area contributed by atoms with Gasteiger partial charge in [0.2, 0.25) is 15.9 Å². The molecule has 0 aliphatic carbocycles. The second kappa shape index (κ2) is 7.27. The monoisotopic (exact) mass is 404 g/mol. The summed E-state index contributed by atoms with van der Waals surface area (Å²) in [6, 6.07) is 6.33. The van der Waals surface area contributed by atoms with Gasteiger partial charge in [0.25, 0.3) is 0 Å². The fourth-order valence-electron chi connectivity index (χ4n) is 2.43. The van der Waals surface area contributed by atoms with Gasteiger partial charge in [0, 0.05) is 11.7 Å². The van der Waals surface area contributed by atoms with E-state index < -0.39 is 16.1 Å². The predicted molar refractivity (Wildman–Crippen MR) is 93.3 cm³/mol. The minimum Gasteiger partial charge on any atom is -0.325 e. The minimum atomic E-state index is -3.56. The van der Waals surface area contributed by atoms with Crippen LogP contribution in [0.5, 0.6) is 0 Å². The van der Waals surface area contributed by atoms with Gasteiger partial charge in [-0.05, 0) is 23.6 Å². The molecule has 5 N–H and O–H groups in total. The number of halogens is 1. The highest BCUT2D eigenvalue weighted by molar-refractivity contribution is 9.09. The largest absolute Gasteiger partial charge is 0.325 e. The highest BCUT2D eigenvalue weighted by Gasteiger charge is 2.39. The molecule has 1 aromatic carbocycles. The molecule has 1 amide bonds. The van der Waals surface area contributed by atoms with E-state index in [2.05, 4.69) is 45.9 Å². The van der Waals surface area contributed by atoms with Crippen molar-refractivity contribution in [3.63, 3.8) is 0 Å². The van der Waals surface area contributed by atoms with Crippen LogP contribution in [0.2, 0.25) is 0 Å². The number of hydrogen-bond donors (Lipinski definition) is 4. The van der Waals surface area contributed by atoms with E-state index in [0.717, 1.165) is 0 Å². The van der Waals surface area contributed by atoms with Crippen LogP contribution in [0.3, 0.4) is 0 Å². The van der Waals surface area contributed by atoms with Crippen molar-refractivity contribution in [2.45, 2.75) is 36.5 Å². The lowest BCUT2D eigenvalue weighted by Gasteiger charge is -2.19. The Labute approximate surface area is 144 Å². The Bertz CT molecular complexity index is 663. The Balaban J connectivity index is 1.98. The number of hydrazine groups is 1. The Morgan fingerprint density at radius 3 is 2.39 bits per heavy atom. The number of sulfonamides is 1. The second-order valence-corrected chi connectivity index (χ2v) is 8.65. The summed E-state index contributed by atoms with van der Waals surface area (Å²) < 4.78 is 22.1. The molecule has 1 aliphatic rings. The van der Waals surface area contributed by atoms with Gasteiger partial charge in [0.05, 0.1) is 10.6 Å². The molecular formula is C14H21BrN4O3S. The Morgan fingerprint density at radius 1 is 1.30 bits per heavy atom. The van der Waals surface area contributed by atoms with Gasteiger partial charge in [-0.3, -0.25) is 10.2 Å². The molecule has 0 bridgehead atoms. The van der Waals surface area contributed by atoms with E-state index >= 15 is 0 Å². The summed E-state index contributed by atoms with van der Waals surface area (Å²) in [7, 11) is -3.56. The first-order valence-electron chi connectivity index (χ1n) is 7.23. The molecule has 7 nitrogen and oxygen atoms in total. The molecule has 0 spiro atoms. The van der Waals surface area contributed by atoms with Gasteiger partial charge in [-0.25, -0.2) is 19.0 Å². The van der Waals surface area contributed by atoms with Gasteiger partial charge in [0.15, 0.2) is 0 Å². The fraction of sp³-hybridized carbons (Fsp3) is 0.500. The highest BCUT2D eigenvalue weighted by atomic mass is 79.9. The first-order valence-corrected chi connectivity index (χ1v) is 9.86. The van der Waals surface area contributed by atoms with Crippen LogP contribution >= 0.6 is 15.9 Å². The van der Waals surface area contributed by atoms with Crippen LogP contribution in [0, 0.1) is 5.92 Å². The molecule has 0 saturated carbocycles. The summed E-state index contributed by atoms with van der Waals surface area (Å²) in [5.74, 6) is -0.0154. The smallest absolute Gasteiger partial charge is 0.244 e. The van der Waals surface area contributed by atoms with Gasteiger partial charge in [-0.2, -0.15) is 0 Å². The molecule has 1 saturated heterocycles. The maximum absolute atomic E-state index is 12.3. The van der Waals surface area contributed by atoms with Crippen molar-refractivity contribution in [2.75, 3.05) is 5.32 Å². The van der Waals surface area contributed by atoms with Crippen LogP contribution in [0.25, 0.3) is 0 Å². The molecule has 2 rings (SSSR count). The van der Waals surface area contributed by atoms with E-state index in [1.54, 1.807) is 24.3 Å². The number of alkyl halides is 1. The summed E-state index contributed by atoms with van der Waals surface area (Å²) in [5.41, 5.74) is 7.29. The molecule has 9 heteroatoms. The molecule has 23 heavy (non-hydrogen) atoms. The maximum atomic E-state index is 12.3. The molecule has 0 aromatic heterocycles. The summed E-state index contributed by atoms with van der Waals surface area (Å²) in [6.07, 6.45) is 0. The second-order valence-electron chi connectivity index (χ2n) is 5.97.